The van der Waals surface area contributed by atoms with Crippen LogP contribution in [0.2, 0.25) is 0 Å². The minimum Gasteiger partial charge on any atom is -0.454 e. The monoisotopic (exact) mass is 399 g/mol. The first-order valence-corrected chi connectivity index (χ1v) is 11.1. The molecule has 0 radical (unpaired) electrons. The molecule has 0 unspecified atom stereocenters. The summed E-state index contributed by atoms with van der Waals surface area (Å²) in [5.41, 5.74) is 1.17. The summed E-state index contributed by atoms with van der Waals surface area (Å²) in [7, 11) is 0. The molecule has 1 aliphatic heterocycles. The molecule has 0 spiro atoms. The fourth-order valence-electron chi connectivity index (χ4n) is 3.17. The van der Waals surface area contributed by atoms with Gasteiger partial charge in [0.05, 0.1) is 0 Å². The first-order valence-electron chi connectivity index (χ1n) is 11.1. The van der Waals surface area contributed by atoms with Crippen molar-refractivity contribution in [3.63, 3.8) is 0 Å². The van der Waals surface area contributed by atoms with E-state index in [9.17, 15) is 4.79 Å². The number of ether oxygens (including phenoxy) is 2. The largest absolute Gasteiger partial charge is 0.454 e. The van der Waals surface area contributed by atoms with E-state index in [0.717, 1.165) is 30.9 Å². The van der Waals surface area contributed by atoms with Crippen LogP contribution in [-0.2, 0) is 4.79 Å². The highest BCUT2D eigenvalue weighted by molar-refractivity contribution is 5.77. The van der Waals surface area contributed by atoms with Gasteiger partial charge in [-0.25, -0.2) is 0 Å². The molecule has 0 saturated carbocycles. The van der Waals surface area contributed by atoms with Crippen LogP contribution in [0.3, 0.4) is 0 Å². The van der Waals surface area contributed by atoms with Gasteiger partial charge < -0.3 is 14.8 Å². The fourth-order valence-corrected chi connectivity index (χ4v) is 3.17. The van der Waals surface area contributed by atoms with Crippen molar-refractivity contribution in [2.75, 3.05) is 13.3 Å². The molecule has 1 N–H and O–H groups in total. The van der Waals surface area contributed by atoms with Crippen molar-refractivity contribution in [3.8, 4) is 11.5 Å². The van der Waals surface area contributed by atoms with Crippen LogP contribution >= 0.6 is 0 Å². The Bertz CT molecular complexity index is 664. The molecule has 1 aliphatic rings. The van der Waals surface area contributed by atoms with Crippen molar-refractivity contribution >= 4 is 12.0 Å². The van der Waals surface area contributed by atoms with E-state index in [4.69, 9.17) is 9.47 Å². The molecular formula is C25H37NO3. The Morgan fingerprint density at radius 3 is 2.41 bits per heavy atom. The Kier molecular flexibility index (Phi) is 11.0. The van der Waals surface area contributed by atoms with Crippen molar-refractivity contribution in [2.45, 2.75) is 71.6 Å². The van der Waals surface area contributed by atoms with Crippen LogP contribution < -0.4 is 14.8 Å². The lowest BCUT2D eigenvalue weighted by Crippen LogP contribution is -2.26. The topological polar surface area (TPSA) is 47.6 Å². The van der Waals surface area contributed by atoms with Gasteiger partial charge in [-0.15, -0.1) is 0 Å². The number of carbonyl (C=O) groups is 1. The van der Waals surface area contributed by atoms with Crippen LogP contribution in [0.25, 0.3) is 6.08 Å². The molecule has 29 heavy (non-hydrogen) atoms. The average Bonchev–Trinajstić information content (AvgIpc) is 3.17. The molecule has 0 bridgehead atoms. The van der Waals surface area contributed by atoms with E-state index < -0.39 is 0 Å². The number of hydrogen-bond donors (Lipinski definition) is 1. The molecule has 0 saturated heterocycles. The minimum atomic E-state index is 0.127. The van der Waals surface area contributed by atoms with Crippen LogP contribution in [0.4, 0.5) is 0 Å². The second-order valence-corrected chi connectivity index (χ2v) is 8.09. The molecule has 4 nitrogen and oxygen atoms in total. The second kappa shape index (κ2) is 13.9. The Morgan fingerprint density at radius 2 is 1.66 bits per heavy atom. The average molecular weight is 400 g/mol. The maximum absolute atomic E-state index is 11.6. The summed E-state index contributed by atoms with van der Waals surface area (Å²) in [6, 6.07) is 6.07. The summed E-state index contributed by atoms with van der Waals surface area (Å²) >= 11 is 0. The summed E-state index contributed by atoms with van der Waals surface area (Å²) in [4.78, 5) is 11.6. The van der Waals surface area contributed by atoms with Gasteiger partial charge in [-0.2, -0.15) is 0 Å². The standard InChI is InChI=1S/C25H37NO3/c1-21(2)19-26-25(27)15-13-11-9-7-5-3-4-6-8-10-12-14-22-16-17-23-24(18-22)29-20-28-23/h11-14,16-18,21H,3-10,15,19-20H2,1-2H3,(H,26,27)/b13-11+,14-12+. The minimum absolute atomic E-state index is 0.127. The fraction of sp³-hybridized carbons (Fsp3) is 0.560. The van der Waals surface area contributed by atoms with Gasteiger partial charge in [-0.05, 0) is 49.3 Å². The highest BCUT2D eigenvalue weighted by Crippen LogP contribution is 2.32. The van der Waals surface area contributed by atoms with E-state index in [0.29, 0.717) is 19.1 Å². The highest BCUT2D eigenvalue weighted by Gasteiger charge is 2.11. The van der Waals surface area contributed by atoms with Crippen molar-refractivity contribution in [1.29, 1.82) is 0 Å². The number of benzene rings is 1. The van der Waals surface area contributed by atoms with E-state index >= 15 is 0 Å². The SMILES string of the molecule is CC(C)CNC(=O)C/C=C/CCCCCCCC/C=C/c1ccc2c(c1)OCO2. The first-order chi connectivity index (χ1) is 14.1. The summed E-state index contributed by atoms with van der Waals surface area (Å²) in [5, 5.41) is 2.94. The van der Waals surface area contributed by atoms with Gasteiger partial charge >= 0.3 is 0 Å². The number of rotatable bonds is 14. The maximum Gasteiger partial charge on any atom is 0.231 e. The van der Waals surface area contributed by atoms with Crippen LogP contribution in [0, 0.1) is 5.92 Å². The number of carbonyl (C=O) groups excluding carboxylic acids is 1. The molecule has 0 atom stereocenters. The number of fused-ring (bicyclic) bond motifs is 1. The number of unbranched alkanes of at least 4 members (excludes halogenated alkanes) is 7. The molecule has 2 rings (SSSR count). The Hall–Kier alpha value is -2.23. The maximum atomic E-state index is 11.6. The highest BCUT2D eigenvalue weighted by atomic mass is 16.7. The number of allylic oxidation sites excluding steroid dienone is 2. The van der Waals surface area contributed by atoms with Gasteiger partial charge in [0.2, 0.25) is 12.7 Å². The molecule has 0 fully saturated rings. The Labute approximate surface area is 176 Å². The molecular weight excluding hydrogens is 362 g/mol. The quantitative estimate of drug-likeness (QED) is 0.296. The van der Waals surface area contributed by atoms with E-state index in [1.54, 1.807) is 0 Å². The third kappa shape index (κ3) is 10.2. The second-order valence-electron chi connectivity index (χ2n) is 8.09. The zero-order chi connectivity index (χ0) is 20.7. The smallest absolute Gasteiger partial charge is 0.231 e. The number of nitrogens with one attached hydrogen (secondary N) is 1. The third-order valence-corrected chi connectivity index (χ3v) is 4.88. The molecule has 1 aromatic rings. The van der Waals surface area contributed by atoms with Crippen molar-refractivity contribution in [3.05, 3.63) is 42.0 Å². The number of amides is 1. The zero-order valence-electron chi connectivity index (χ0n) is 18.1. The molecule has 0 aliphatic carbocycles. The van der Waals surface area contributed by atoms with Gasteiger partial charge in [0, 0.05) is 13.0 Å². The summed E-state index contributed by atoms with van der Waals surface area (Å²) in [6.07, 6.45) is 18.9. The Balaban J connectivity index is 1.40. The normalized spacial score (nSPS) is 13.1. The third-order valence-electron chi connectivity index (χ3n) is 4.88. The van der Waals surface area contributed by atoms with E-state index in [2.05, 4.69) is 43.5 Å². The molecule has 160 valence electrons. The number of hydrogen-bond acceptors (Lipinski definition) is 3. The zero-order valence-corrected chi connectivity index (χ0v) is 18.1. The molecule has 1 amide bonds. The van der Waals surface area contributed by atoms with Gasteiger partial charge in [0.25, 0.3) is 0 Å². The van der Waals surface area contributed by atoms with E-state index in [1.165, 1.54) is 44.1 Å². The summed E-state index contributed by atoms with van der Waals surface area (Å²) in [6.45, 7) is 5.30. The van der Waals surface area contributed by atoms with Crippen molar-refractivity contribution in [1.82, 2.24) is 5.32 Å². The summed E-state index contributed by atoms with van der Waals surface area (Å²) < 4.78 is 10.7. The lowest BCUT2D eigenvalue weighted by molar-refractivity contribution is -0.120. The van der Waals surface area contributed by atoms with Crippen LogP contribution in [0.5, 0.6) is 11.5 Å². The van der Waals surface area contributed by atoms with Crippen molar-refractivity contribution in [2.24, 2.45) is 5.92 Å². The van der Waals surface area contributed by atoms with Gasteiger partial charge in [0.15, 0.2) is 11.5 Å². The lowest BCUT2D eigenvalue weighted by Gasteiger charge is -2.05. The van der Waals surface area contributed by atoms with Gasteiger partial charge in [-0.3, -0.25) is 4.79 Å². The molecule has 1 heterocycles. The van der Waals surface area contributed by atoms with E-state index in [1.807, 2.05) is 18.2 Å². The van der Waals surface area contributed by atoms with Gasteiger partial charge in [-0.1, -0.05) is 69.9 Å². The van der Waals surface area contributed by atoms with Crippen molar-refractivity contribution < 1.29 is 14.3 Å². The summed E-state index contributed by atoms with van der Waals surface area (Å²) in [5.74, 6) is 2.32. The molecule has 0 aromatic heterocycles. The Morgan fingerprint density at radius 1 is 0.966 bits per heavy atom. The molecule has 1 aromatic carbocycles. The van der Waals surface area contributed by atoms with Crippen LogP contribution in [0.1, 0.15) is 77.2 Å². The predicted molar refractivity (Wildman–Crippen MR) is 120 cm³/mol. The van der Waals surface area contributed by atoms with E-state index in [-0.39, 0.29) is 5.91 Å². The van der Waals surface area contributed by atoms with Crippen LogP contribution in [0.15, 0.2) is 36.4 Å². The first kappa shape index (κ1) is 23.1. The predicted octanol–water partition coefficient (Wildman–Crippen LogP) is 6.27. The van der Waals surface area contributed by atoms with Gasteiger partial charge in [0.1, 0.15) is 0 Å². The van der Waals surface area contributed by atoms with Crippen LogP contribution in [-0.4, -0.2) is 19.2 Å². The molecule has 4 heteroatoms. The lowest BCUT2D eigenvalue weighted by atomic mass is 10.1.